The number of methoxy groups -OCH3 is 1. The highest BCUT2D eigenvalue weighted by Gasteiger charge is 2.18. The van der Waals surface area contributed by atoms with Gasteiger partial charge >= 0.3 is 0 Å². The quantitative estimate of drug-likeness (QED) is 0.848. The summed E-state index contributed by atoms with van der Waals surface area (Å²) in [6.45, 7) is 7.05. The Labute approximate surface area is 107 Å². The molecule has 0 aliphatic carbocycles. The smallest absolute Gasteiger partial charge is 0.197 e. The second-order valence-electron chi connectivity index (χ2n) is 5.51. The van der Waals surface area contributed by atoms with Gasteiger partial charge in [0.15, 0.2) is 11.5 Å². The molecule has 1 aromatic heterocycles. The van der Waals surface area contributed by atoms with Crippen LogP contribution in [0.15, 0.2) is 16.5 Å². The van der Waals surface area contributed by atoms with Gasteiger partial charge in [-0.15, -0.1) is 0 Å². The molecular weight excluding hydrogens is 228 g/mol. The van der Waals surface area contributed by atoms with Crippen LogP contribution in [0.25, 0.3) is 11.1 Å². The topological polar surface area (TPSA) is 61.3 Å². The van der Waals surface area contributed by atoms with E-state index < -0.39 is 0 Å². The molecule has 0 unspecified atom stereocenters. The second-order valence-corrected chi connectivity index (χ2v) is 5.51. The van der Waals surface area contributed by atoms with Crippen LogP contribution >= 0.6 is 0 Å². The largest absolute Gasteiger partial charge is 0.438 e. The van der Waals surface area contributed by atoms with Crippen molar-refractivity contribution in [3.8, 4) is 0 Å². The van der Waals surface area contributed by atoms with E-state index in [1.807, 2.05) is 12.1 Å². The molecule has 0 fully saturated rings. The van der Waals surface area contributed by atoms with Crippen LogP contribution in [0.2, 0.25) is 0 Å². The minimum Gasteiger partial charge on any atom is -0.438 e. The zero-order chi connectivity index (χ0) is 13.3. The first kappa shape index (κ1) is 12.9. The van der Waals surface area contributed by atoms with Crippen molar-refractivity contribution in [1.82, 2.24) is 4.98 Å². The zero-order valence-corrected chi connectivity index (χ0v) is 11.4. The van der Waals surface area contributed by atoms with Crippen molar-refractivity contribution in [2.45, 2.75) is 32.6 Å². The Morgan fingerprint density at radius 2 is 2.06 bits per heavy atom. The maximum absolute atomic E-state index is 6.03. The van der Waals surface area contributed by atoms with Gasteiger partial charge in [0, 0.05) is 13.5 Å². The number of rotatable bonds is 3. The number of hydrogen-bond donors (Lipinski definition) is 1. The first-order valence-electron chi connectivity index (χ1n) is 6.10. The number of anilines is 1. The minimum absolute atomic E-state index is 0.0496. The monoisotopic (exact) mass is 248 g/mol. The molecule has 0 aliphatic rings. The highest BCUT2D eigenvalue weighted by molar-refractivity contribution is 5.86. The van der Waals surface area contributed by atoms with Gasteiger partial charge in [-0.3, -0.25) is 0 Å². The Bertz CT molecular complexity index is 553. The maximum Gasteiger partial charge on any atom is 0.197 e. The fourth-order valence-corrected chi connectivity index (χ4v) is 1.83. The molecule has 0 aliphatic heterocycles. The maximum atomic E-state index is 6.03. The molecule has 2 N–H and O–H groups in total. The standard InChI is InChI=1S/C14H20N2O2/c1-14(2,3)9-7-10(15)13-11(8-9)16-12(18-13)5-6-17-4/h7-8H,5-6,15H2,1-4H3. The third-order valence-corrected chi connectivity index (χ3v) is 2.95. The van der Waals surface area contributed by atoms with E-state index in [0.29, 0.717) is 30.2 Å². The summed E-state index contributed by atoms with van der Waals surface area (Å²) in [6, 6.07) is 4.01. The van der Waals surface area contributed by atoms with Crippen LogP contribution in [-0.2, 0) is 16.6 Å². The number of hydrogen-bond acceptors (Lipinski definition) is 4. The molecule has 1 heterocycles. The summed E-state index contributed by atoms with van der Waals surface area (Å²) in [5.74, 6) is 0.671. The number of aromatic nitrogens is 1. The number of nitrogen functional groups attached to an aromatic ring is 1. The van der Waals surface area contributed by atoms with E-state index in [1.54, 1.807) is 7.11 Å². The number of nitrogens with zero attached hydrogens (tertiary/aromatic N) is 1. The molecule has 98 valence electrons. The van der Waals surface area contributed by atoms with Gasteiger partial charge in [-0.05, 0) is 23.1 Å². The number of fused-ring (bicyclic) bond motifs is 1. The fraction of sp³-hybridized carbons (Fsp3) is 0.500. The van der Waals surface area contributed by atoms with Crippen LogP contribution in [-0.4, -0.2) is 18.7 Å². The average Bonchev–Trinajstić information content (AvgIpc) is 2.68. The van der Waals surface area contributed by atoms with E-state index in [4.69, 9.17) is 14.9 Å². The van der Waals surface area contributed by atoms with Gasteiger partial charge < -0.3 is 14.9 Å². The molecule has 0 spiro atoms. The molecule has 0 saturated heterocycles. The van der Waals surface area contributed by atoms with Crippen LogP contribution in [0.5, 0.6) is 0 Å². The van der Waals surface area contributed by atoms with E-state index in [9.17, 15) is 0 Å². The molecule has 0 radical (unpaired) electrons. The lowest BCUT2D eigenvalue weighted by Gasteiger charge is -2.19. The Hall–Kier alpha value is -1.55. The van der Waals surface area contributed by atoms with Crippen LogP contribution in [0.4, 0.5) is 5.69 Å². The summed E-state index contributed by atoms with van der Waals surface area (Å²) in [7, 11) is 1.66. The molecule has 18 heavy (non-hydrogen) atoms. The van der Waals surface area contributed by atoms with Crippen molar-refractivity contribution >= 4 is 16.8 Å². The van der Waals surface area contributed by atoms with Crippen LogP contribution in [0, 0.1) is 0 Å². The molecule has 1 aromatic carbocycles. The van der Waals surface area contributed by atoms with Gasteiger partial charge in [0.05, 0.1) is 12.3 Å². The SMILES string of the molecule is COCCc1nc2cc(C(C)(C)C)cc(N)c2o1. The van der Waals surface area contributed by atoms with Gasteiger partial charge in [-0.1, -0.05) is 20.8 Å². The molecule has 4 heteroatoms. The lowest BCUT2D eigenvalue weighted by molar-refractivity contribution is 0.196. The summed E-state index contributed by atoms with van der Waals surface area (Å²) in [5.41, 5.74) is 9.39. The highest BCUT2D eigenvalue weighted by atomic mass is 16.5. The first-order valence-corrected chi connectivity index (χ1v) is 6.10. The predicted octanol–water partition coefficient (Wildman–Crippen LogP) is 2.90. The third-order valence-electron chi connectivity index (χ3n) is 2.95. The van der Waals surface area contributed by atoms with E-state index >= 15 is 0 Å². The van der Waals surface area contributed by atoms with Crippen molar-refractivity contribution < 1.29 is 9.15 Å². The fourth-order valence-electron chi connectivity index (χ4n) is 1.83. The lowest BCUT2D eigenvalue weighted by Crippen LogP contribution is -2.11. The second kappa shape index (κ2) is 4.61. The number of nitrogens with two attached hydrogens (primary N) is 1. The highest BCUT2D eigenvalue weighted by Crippen LogP contribution is 2.30. The molecule has 0 bridgehead atoms. The summed E-state index contributed by atoms with van der Waals surface area (Å²) in [6.07, 6.45) is 0.662. The van der Waals surface area contributed by atoms with Crippen molar-refractivity contribution in [3.05, 3.63) is 23.6 Å². The van der Waals surface area contributed by atoms with E-state index in [-0.39, 0.29) is 5.41 Å². The molecule has 0 amide bonds. The summed E-state index contributed by atoms with van der Waals surface area (Å²) in [4.78, 5) is 4.46. The minimum atomic E-state index is 0.0496. The van der Waals surface area contributed by atoms with Crippen molar-refractivity contribution in [1.29, 1.82) is 0 Å². The Morgan fingerprint density at radius 3 is 2.67 bits per heavy atom. The average molecular weight is 248 g/mol. The summed E-state index contributed by atoms with van der Waals surface area (Å²) >= 11 is 0. The lowest BCUT2D eigenvalue weighted by atomic mass is 9.86. The van der Waals surface area contributed by atoms with Gasteiger partial charge in [-0.25, -0.2) is 4.98 Å². The Balaban J connectivity index is 2.46. The van der Waals surface area contributed by atoms with Crippen molar-refractivity contribution in [2.24, 2.45) is 0 Å². The molecule has 0 atom stereocenters. The first-order chi connectivity index (χ1) is 8.41. The van der Waals surface area contributed by atoms with Crippen molar-refractivity contribution in [3.63, 3.8) is 0 Å². The summed E-state index contributed by atoms with van der Waals surface area (Å²) in [5, 5.41) is 0. The van der Waals surface area contributed by atoms with Crippen LogP contribution in [0.1, 0.15) is 32.2 Å². The number of oxazole rings is 1. The number of benzene rings is 1. The normalized spacial score (nSPS) is 12.2. The van der Waals surface area contributed by atoms with Gasteiger partial charge in [0.2, 0.25) is 0 Å². The Kier molecular flexibility index (Phi) is 3.30. The third kappa shape index (κ3) is 2.48. The van der Waals surface area contributed by atoms with E-state index in [1.165, 1.54) is 5.56 Å². The van der Waals surface area contributed by atoms with Crippen molar-refractivity contribution in [2.75, 3.05) is 19.5 Å². The molecular formula is C14H20N2O2. The molecule has 2 rings (SSSR count). The molecule has 2 aromatic rings. The predicted molar refractivity (Wildman–Crippen MR) is 72.7 cm³/mol. The van der Waals surface area contributed by atoms with Crippen LogP contribution < -0.4 is 5.73 Å². The zero-order valence-electron chi connectivity index (χ0n) is 11.4. The molecule has 0 saturated carbocycles. The summed E-state index contributed by atoms with van der Waals surface area (Å²) < 4.78 is 10.7. The van der Waals surface area contributed by atoms with Gasteiger partial charge in [0.1, 0.15) is 5.52 Å². The van der Waals surface area contributed by atoms with E-state index in [2.05, 4.69) is 25.8 Å². The van der Waals surface area contributed by atoms with Crippen LogP contribution in [0.3, 0.4) is 0 Å². The van der Waals surface area contributed by atoms with E-state index in [0.717, 1.165) is 5.52 Å². The Morgan fingerprint density at radius 1 is 1.33 bits per heavy atom. The number of ether oxygens (including phenoxy) is 1. The molecule has 4 nitrogen and oxygen atoms in total. The van der Waals surface area contributed by atoms with Gasteiger partial charge in [-0.2, -0.15) is 0 Å². The van der Waals surface area contributed by atoms with Gasteiger partial charge in [0.25, 0.3) is 0 Å².